The van der Waals surface area contributed by atoms with Gasteiger partial charge in [0, 0.05) is 17.1 Å². The molecule has 2 aromatic rings. The van der Waals surface area contributed by atoms with Gasteiger partial charge in [0.2, 0.25) is 0 Å². The fourth-order valence-electron chi connectivity index (χ4n) is 1.92. The first kappa shape index (κ1) is 13.7. The molecule has 2 heterocycles. The Hall–Kier alpha value is -1.69. The van der Waals surface area contributed by atoms with E-state index in [-0.39, 0.29) is 18.3 Å². The van der Waals surface area contributed by atoms with Crippen LogP contribution in [0.5, 0.6) is 0 Å². The van der Waals surface area contributed by atoms with E-state index in [4.69, 9.17) is 4.74 Å². The fraction of sp³-hybridized carbons (Fsp3) is 0.308. The molecule has 0 aromatic carbocycles. The van der Waals surface area contributed by atoms with E-state index in [0.717, 1.165) is 10.9 Å². The number of carbonyl (C=O) groups is 2. The van der Waals surface area contributed by atoms with Crippen molar-refractivity contribution in [3.8, 4) is 0 Å². The predicted molar refractivity (Wildman–Crippen MR) is 74.1 cm³/mol. The predicted octanol–water partition coefficient (Wildman–Crippen LogP) is 2.56. The molecular weight excluding hydrogens is 312 g/mol. The number of hydrogen-bond donors (Lipinski definition) is 0. The summed E-state index contributed by atoms with van der Waals surface area (Å²) in [5.41, 5.74) is 1.31. The number of aromatic nitrogens is 2. The summed E-state index contributed by atoms with van der Waals surface area (Å²) >= 11 is 3.28. The van der Waals surface area contributed by atoms with Crippen LogP contribution in [0.25, 0.3) is 10.9 Å². The highest BCUT2D eigenvalue weighted by atomic mass is 79.9. The number of pyridine rings is 1. The van der Waals surface area contributed by atoms with Crippen molar-refractivity contribution in [1.82, 2.24) is 9.55 Å². The van der Waals surface area contributed by atoms with Gasteiger partial charge in [-0.3, -0.25) is 9.59 Å². The first-order valence-corrected chi connectivity index (χ1v) is 6.63. The average Bonchev–Trinajstić information content (AvgIpc) is 2.67. The maximum Gasteiger partial charge on any atom is 0.325 e. The van der Waals surface area contributed by atoms with Crippen LogP contribution in [0.3, 0.4) is 0 Å². The van der Waals surface area contributed by atoms with E-state index in [1.54, 1.807) is 30.0 Å². The topological polar surface area (TPSA) is 61.2 Å². The van der Waals surface area contributed by atoms with E-state index in [2.05, 4.69) is 20.9 Å². The number of ether oxygens (including phenoxy) is 1. The average molecular weight is 325 g/mol. The monoisotopic (exact) mass is 324 g/mol. The lowest BCUT2D eigenvalue weighted by molar-refractivity contribution is -0.143. The molecule has 0 fully saturated rings. The first-order valence-electron chi connectivity index (χ1n) is 5.84. The maximum absolute atomic E-state index is 11.6. The highest BCUT2D eigenvalue weighted by Gasteiger charge is 2.15. The zero-order valence-corrected chi connectivity index (χ0v) is 12.2. The molecule has 0 aliphatic rings. The highest BCUT2D eigenvalue weighted by molar-refractivity contribution is 9.10. The van der Waals surface area contributed by atoms with Gasteiger partial charge in [-0.2, -0.15) is 0 Å². The Kier molecular flexibility index (Phi) is 3.99. The summed E-state index contributed by atoms with van der Waals surface area (Å²) in [4.78, 5) is 27.3. The van der Waals surface area contributed by atoms with E-state index < -0.39 is 0 Å². The van der Waals surface area contributed by atoms with Crippen LogP contribution < -0.4 is 0 Å². The van der Waals surface area contributed by atoms with Crippen LogP contribution in [0.15, 0.2) is 23.1 Å². The SMILES string of the molecule is CCOC(=O)Cn1cc(C(C)=O)c2cc(Br)ncc21. The number of rotatable bonds is 4. The molecule has 2 aromatic heterocycles. The number of Topliss-reactive ketones (excluding diaryl/α,β-unsaturated/α-hetero) is 1. The minimum absolute atomic E-state index is 0.0503. The Labute approximate surface area is 118 Å². The Morgan fingerprint density at radius 1 is 1.47 bits per heavy atom. The van der Waals surface area contributed by atoms with Crippen molar-refractivity contribution in [2.75, 3.05) is 6.61 Å². The van der Waals surface area contributed by atoms with E-state index in [9.17, 15) is 9.59 Å². The van der Waals surface area contributed by atoms with Gasteiger partial charge in [-0.15, -0.1) is 0 Å². The van der Waals surface area contributed by atoms with Crippen LogP contribution in [0, 0.1) is 0 Å². The molecular formula is C13H13BrN2O3. The van der Waals surface area contributed by atoms with Crippen LogP contribution in [-0.4, -0.2) is 27.9 Å². The van der Waals surface area contributed by atoms with E-state index in [1.165, 1.54) is 6.92 Å². The normalized spacial score (nSPS) is 10.7. The van der Waals surface area contributed by atoms with Gasteiger partial charge in [0.15, 0.2) is 5.78 Å². The van der Waals surface area contributed by atoms with Crippen molar-refractivity contribution in [3.05, 3.63) is 28.6 Å². The standard InChI is InChI=1S/C13H13BrN2O3/c1-3-19-13(18)7-16-6-10(8(2)17)9-4-12(14)15-5-11(9)16/h4-6H,3,7H2,1-2H3. The molecule has 2 rings (SSSR count). The maximum atomic E-state index is 11.6. The van der Waals surface area contributed by atoms with Gasteiger partial charge in [-0.05, 0) is 35.8 Å². The third kappa shape index (κ3) is 2.84. The third-order valence-corrected chi connectivity index (χ3v) is 3.15. The summed E-state index contributed by atoms with van der Waals surface area (Å²) in [5, 5.41) is 0.777. The molecule has 0 unspecified atom stereocenters. The van der Waals surface area contributed by atoms with E-state index in [0.29, 0.717) is 16.8 Å². The molecule has 0 amide bonds. The summed E-state index contributed by atoms with van der Waals surface area (Å²) in [6.45, 7) is 3.66. The molecule has 6 heteroatoms. The summed E-state index contributed by atoms with van der Waals surface area (Å²) in [7, 11) is 0. The van der Waals surface area contributed by atoms with Crippen molar-refractivity contribution in [2.24, 2.45) is 0 Å². The Balaban J connectivity index is 2.50. The lowest BCUT2D eigenvalue weighted by Gasteiger charge is -2.04. The number of fused-ring (bicyclic) bond motifs is 1. The van der Waals surface area contributed by atoms with Crippen LogP contribution in [-0.2, 0) is 16.1 Å². The minimum atomic E-state index is -0.336. The molecule has 0 radical (unpaired) electrons. The molecule has 100 valence electrons. The molecule has 0 N–H and O–H groups in total. The quantitative estimate of drug-likeness (QED) is 0.492. The summed E-state index contributed by atoms with van der Waals surface area (Å²) in [5.74, 6) is -0.386. The smallest absolute Gasteiger partial charge is 0.325 e. The van der Waals surface area contributed by atoms with Crippen molar-refractivity contribution < 1.29 is 14.3 Å². The van der Waals surface area contributed by atoms with Crippen LogP contribution >= 0.6 is 15.9 Å². The van der Waals surface area contributed by atoms with Crippen LogP contribution in [0.2, 0.25) is 0 Å². The van der Waals surface area contributed by atoms with Crippen molar-refractivity contribution in [3.63, 3.8) is 0 Å². The second-order valence-corrected chi connectivity index (χ2v) is 4.87. The Bertz CT molecular complexity index is 649. The number of nitrogens with zero attached hydrogens (tertiary/aromatic N) is 2. The fourth-order valence-corrected chi connectivity index (χ4v) is 2.25. The van der Waals surface area contributed by atoms with Gasteiger partial charge in [-0.25, -0.2) is 4.98 Å². The second kappa shape index (κ2) is 5.52. The van der Waals surface area contributed by atoms with Crippen LogP contribution in [0.1, 0.15) is 24.2 Å². The zero-order valence-electron chi connectivity index (χ0n) is 10.6. The van der Waals surface area contributed by atoms with Crippen molar-refractivity contribution in [1.29, 1.82) is 0 Å². The van der Waals surface area contributed by atoms with E-state index in [1.807, 2.05) is 0 Å². The molecule has 0 aliphatic carbocycles. The number of carbonyl (C=O) groups excluding carboxylic acids is 2. The lowest BCUT2D eigenvalue weighted by Crippen LogP contribution is -2.12. The summed E-state index contributed by atoms with van der Waals surface area (Å²) < 4.78 is 7.25. The lowest BCUT2D eigenvalue weighted by atomic mass is 10.1. The molecule has 0 atom stereocenters. The highest BCUT2D eigenvalue weighted by Crippen LogP contribution is 2.24. The van der Waals surface area contributed by atoms with Gasteiger partial charge in [0.25, 0.3) is 0 Å². The first-order chi connectivity index (χ1) is 9.02. The number of hydrogen-bond acceptors (Lipinski definition) is 4. The molecule has 0 saturated carbocycles. The largest absolute Gasteiger partial charge is 0.465 e. The molecule has 0 spiro atoms. The van der Waals surface area contributed by atoms with E-state index >= 15 is 0 Å². The molecule has 5 nitrogen and oxygen atoms in total. The summed E-state index contributed by atoms with van der Waals surface area (Å²) in [6.07, 6.45) is 3.29. The second-order valence-electron chi connectivity index (χ2n) is 4.06. The van der Waals surface area contributed by atoms with Crippen molar-refractivity contribution in [2.45, 2.75) is 20.4 Å². The number of esters is 1. The minimum Gasteiger partial charge on any atom is -0.465 e. The molecule has 19 heavy (non-hydrogen) atoms. The van der Waals surface area contributed by atoms with Gasteiger partial charge in [0.05, 0.1) is 18.3 Å². The van der Waals surface area contributed by atoms with Gasteiger partial charge in [0.1, 0.15) is 11.1 Å². The van der Waals surface area contributed by atoms with Crippen LogP contribution in [0.4, 0.5) is 0 Å². The summed E-state index contributed by atoms with van der Waals surface area (Å²) in [6, 6.07) is 1.77. The number of halogens is 1. The van der Waals surface area contributed by atoms with Gasteiger partial charge in [-0.1, -0.05) is 0 Å². The Morgan fingerprint density at radius 3 is 2.84 bits per heavy atom. The molecule has 0 bridgehead atoms. The van der Waals surface area contributed by atoms with Gasteiger partial charge < -0.3 is 9.30 Å². The third-order valence-electron chi connectivity index (χ3n) is 2.72. The Morgan fingerprint density at radius 2 is 2.21 bits per heavy atom. The molecule has 0 aliphatic heterocycles. The molecule has 0 saturated heterocycles. The van der Waals surface area contributed by atoms with Crippen molar-refractivity contribution >= 4 is 38.6 Å². The number of ketones is 1. The van der Waals surface area contributed by atoms with Gasteiger partial charge >= 0.3 is 5.97 Å². The zero-order chi connectivity index (χ0) is 14.0.